The Morgan fingerprint density at radius 2 is 2.21 bits per heavy atom. The van der Waals surface area contributed by atoms with Crippen LogP contribution in [0.4, 0.5) is 4.79 Å². The standard InChI is InChI=1S/C14H20N2O2S/c1-6-10-7-8-12(19-5)11(16-10)9-15-13(17)18-14(2,3)4/h6-8H,1,9H2,2-5H3,(H,15,17). The summed E-state index contributed by atoms with van der Waals surface area (Å²) in [5, 5.41) is 2.71. The molecule has 0 aliphatic carbocycles. The fourth-order valence-corrected chi connectivity index (χ4v) is 1.96. The molecule has 0 aromatic carbocycles. The molecular formula is C14H20N2O2S. The lowest BCUT2D eigenvalue weighted by atomic mass is 10.2. The number of hydrogen-bond donors (Lipinski definition) is 1. The Morgan fingerprint density at radius 3 is 2.74 bits per heavy atom. The Labute approximate surface area is 118 Å². The van der Waals surface area contributed by atoms with Crippen molar-refractivity contribution in [1.82, 2.24) is 10.3 Å². The van der Waals surface area contributed by atoms with Gasteiger partial charge in [-0.2, -0.15) is 0 Å². The molecule has 0 atom stereocenters. The SMILES string of the molecule is C=Cc1ccc(SC)c(CNC(=O)OC(C)(C)C)n1. The number of ether oxygens (including phenoxy) is 1. The minimum absolute atomic E-state index is 0.340. The summed E-state index contributed by atoms with van der Waals surface area (Å²) in [4.78, 5) is 17.0. The van der Waals surface area contributed by atoms with Crippen LogP contribution in [-0.2, 0) is 11.3 Å². The first-order valence-corrected chi connectivity index (χ1v) is 7.21. The lowest BCUT2D eigenvalue weighted by molar-refractivity contribution is 0.0522. The highest BCUT2D eigenvalue weighted by Gasteiger charge is 2.16. The van der Waals surface area contributed by atoms with Gasteiger partial charge >= 0.3 is 6.09 Å². The summed E-state index contributed by atoms with van der Waals surface area (Å²) in [6, 6.07) is 3.87. The molecule has 1 aromatic rings. The van der Waals surface area contributed by atoms with Crippen molar-refractivity contribution in [3.8, 4) is 0 Å². The van der Waals surface area contributed by atoms with Crippen molar-refractivity contribution in [2.45, 2.75) is 37.8 Å². The molecule has 0 spiro atoms. The molecule has 1 rings (SSSR count). The van der Waals surface area contributed by atoms with E-state index in [1.165, 1.54) is 0 Å². The van der Waals surface area contributed by atoms with Crippen LogP contribution >= 0.6 is 11.8 Å². The van der Waals surface area contributed by atoms with Gasteiger partial charge in [0.2, 0.25) is 0 Å². The number of nitrogens with zero attached hydrogens (tertiary/aromatic N) is 1. The van der Waals surface area contributed by atoms with Gasteiger partial charge in [-0.3, -0.25) is 4.98 Å². The van der Waals surface area contributed by atoms with E-state index in [-0.39, 0.29) is 0 Å². The largest absolute Gasteiger partial charge is 0.444 e. The third-order valence-electron chi connectivity index (χ3n) is 2.18. The van der Waals surface area contributed by atoms with Crippen molar-refractivity contribution >= 4 is 23.9 Å². The molecule has 0 aliphatic rings. The van der Waals surface area contributed by atoms with Gasteiger partial charge < -0.3 is 10.1 Å². The number of hydrogen-bond acceptors (Lipinski definition) is 4. The fraction of sp³-hybridized carbons (Fsp3) is 0.429. The molecule has 1 amide bonds. The summed E-state index contributed by atoms with van der Waals surface area (Å²) in [7, 11) is 0. The molecule has 1 N–H and O–H groups in total. The maximum absolute atomic E-state index is 11.6. The molecule has 19 heavy (non-hydrogen) atoms. The van der Waals surface area contributed by atoms with Gasteiger partial charge in [-0.1, -0.05) is 6.58 Å². The third kappa shape index (κ3) is 5.34. The number of rotatable bonds is 4. The lowest BCUT2D eigenvalue weighted by Gasteiger charge is -2.19. The highest BCUT2D eigenvalue weighted by Crippen LogP contribution is 2.19. The van der Waals surface area contributed by atoms with Gasteiger partial charge in [-0.05, 0) is 45.2 Å². The van der Waals surface area contributed by atoms with Crippen LogP contribution in [0, 0.1) is 0 Å². The lowest BCUT2D eigenvalue weighted by Crippen LogP contribution is -2.32. The zero-order chi connectivity index (χ0) is 14.5. The molecule has 4 nitrogen and oxygen atoms in total. The first-order chi connectivity index (χ1) is 8.85. The molecule has 0 saturated heterocycles. The number of nitrogens with one attached hydrogen (secondary N) is 1. The van der Waals surface area contributed by atoms with Gasteiger partial charge in [0.05, 0.1) is 17.9 Å². The first kappa shape index (κ1) is 15.6. The topological polar surface area (TPSA) is 51.2 Å². The van der Waals surface area contributed by atoms with E-state index in [9.17, 15) is 4.79 Å². The minimum atomic E-state index is -0.497. The van der Waals surface area contributed by atoms with E-state index in [1.54, 1.807) is 17.8 Å². The molecule has 1 heterocycles. The van der Waals surface area contributed by atoms with Crippen LogP contribution in [0.25, 0.3) is 6.08 Å². The second-order valence-corrected chi connectivity index (χ2v) is 5.79. The van der Waals surface area contributed by atoms with E-state index in [0.717, 1.165) is 16.3 Å². The van der Waals surface area contributed by atoms with E-state index in [2.05, 4.69) is 16.9 Å². The van der Waals surface area contributed by atoms with Crippen LogP contribution < -0.4 is 5.32 Å². The molecule has 0 saturated carbocycles. The number of alkyl carbamates (subject to hydrolysis) is 1. The Hall–Kier alpha value is -1.49. The van der Waals surface area contributed by atoms with Crippen molar-refractivity contribution in [3.05, 3.63) is 30.1 Å². The van der Waals surface area contributed by atoms with Gasteiger partial charge in [0, 0.05) is 4.90 Å². The molecular weight excluding hydrogens is 260 g/mol. The van der Waals surface area contributed by atoms with Crippen LogP contribution in [0.3, 0.4) is 0 Å². The van der Waals surface area contributed by atoms with E-state index in [1.807, 2.05) is 39.2 Å². The van der Waals surface area contributed by atoms with Crippen molar-refractivity contribution in [2.75, 3.05) is 6.26 Å². The quantitative estimate of drug-likeness (QED) is 0.858. The van der Waals surface area contributed by atoms with Crippen LogP contribution in [-0.4, -0.2) is 22.9 Å². The second kappa shape index (κ2) is 6.61. The summed E-state index contributed by atoms with van der Waals surface area (Å²) >= 11 is 1.59. The molecule has 5 heteroatoms. The van der Waals surface area contributed by atoms with Gasteiger partial charge in [0.15, 0.2) is 0 Å². The molecule has 0 fully saturated rings. The van der Waals surface area contributed by atoms with Crippen LogP contribution in [0.15, 0.2) is 23.6 Å². The zero-order valence-corrected chi connectivity index (χ0v) is 12.6. The minimum Gasteiger partial charge on any atom is -0.444 e. The second-order valence-electron chi connectivity index (χ2n) is 4.94. The predicted octanol–water partition coefficient (Wildman–Crippen LogP) is 3.47. The Bertz CT molecular complexity index is 467. The van der Waals surface area contributed by atoms with E-state index >= 15 is 0 Å². The maximum Gasteiger partial charge on any atom is 0.407 e. The van der Waals surface area contributed by atoms with Crippen LogP contribution in [0.1, 0.15) is 32.2 Å². The molecule has 104 valence electrons. The average molecular weight is 280 g/mol. The van der Waals surface area contributed by atoms with Gasteiger partial charge in [-0.25, -0.2) is 4.79 Å². The molecule has 1 aromatic heterocycles. The maximum atomic E-state index is 11.6. The number of carbonyl (C=O) groups excluding carboxylic acids is 1. The Balaban J connectivity index is 2.71. The Kier molecular flexibility index (Phi) is 5.42. The van der Waals surface area contributed by atoms with E-state index in [4.69, 9.17) is 4.74 Å². The smallest absolute Gasteiger partial charge is 0.407 e. The van der Waals surface area contributed by atoms with Gasteiger partial charge in [0.1, 0.15) is 5.60 Å². The summed E-state index contributed by atoms with van der Waals surface area (Å²) in [5.74, 6) is 0. The zero-order valence-electron chi connectivity index (χ0n) is 11.8. The van der Waals surface area contributed by atoms with Crippen LogP contribution in [0.5, 0.6) is 0 Å². The Morgan fingerprint density at radius 1 is 1.53 bits per heavy atom. The van der Waals surface area contributed by atoms with E-state index < -0.39 is 11.7 Å². The van der Waals surface area contributed by atoms with Crippen molar-refractivity contribution in [3.63, 3.8) is 0 Å². The monoisotopic (exact) mass is 280 g/mol. The summed E-state index contributed by atoms with van der Waals surface area (Å²) in [6.07, 6.45) is 3.22. The average Bonchev–Trinajstić information content (AvgIpc) is 2.33. The highest BCUT2D eigenvalue weighted by molar-refractivity contribution is 7.98. The molecule has 0 unspecified atom stereocenters. The molecule has 0 bridgehead atoms. The van der Waals surface area contributed by atoms with E-state index in [0.29, 0.717) is 6.54 Å². The van der Waals surface area contributed by atoms with Crippen molar-refractivity contribution < 1.29 is 9.53 Å². The fourth-order valence-electron chi connectivity index (χ4n) is 1.40. The predicted molar refractivity (Wildman–Crippen MR) is 79.2 cm³/mol. The number of carbonyl (C=O) groups is 1. The third-order valence-corrected chi connectivity index (χ3v) is 2.99. The van der Waals surface area contributed by atoms with Crippen molar-refractivity contribution in [1.29, 1.82) is 0 Å². The summed E-state index contributed by atoms with van der Waals surface area (Å²) in [6.45, 7) is 9.52. The molecule has 0 aliphatic heterocycles. The summed E-state index contributed by atoms with van der Waals surface area (Å²) in [5.41, 5.74) is 1.11. The van der Waals surface area contributed by atoms with Gasteiger partial charge in [-0.15, -0.1) is 11.8 Å². The number of aromatic nitrogens is 1. The summed E-state index contributed by atoms with van der Waals surface area (Å²) < 4.78 is 5.18. The normalized spacial score (nSPS) is 10.9. The number of amides is 1. The van der Waals surface area contributed by atoms with Crippen molar-refractivity contribution in [2.24, 2.45) is 0 Å². The number of thioether (sulfide) groups is 1. The first-order valence-electron chi connectivity index (χ1n) is 5.99. The molecule has 0 radical (unpaired) electrons. The highest BCUT2D eigenvalue weighted by atomic mass is 32.2. The van der Waals surface area contributed by atoms with Gasteiger partial charge in [0.25, 0.3) is 0 Å². The van der Waals surface area contributed by atoms with Crippen LogP contribution in [0.2, 0.25) is 0 Å². The number of pyridine rings is 1.